The molecule has 2 aromatic rings. The van der Waals surface area contributed by atoms with E-state index in [2.05, 4.69) is 20.8 Å². The predicted molar refractivity (Wildman–Crippen MR) is 73.1 cm³/mol. The van der Waals surface area contributed by atoms with E-state index in [1.165, 1.54) is 0 Å². The fourth-order valence-electron chi connectivity index (χ4n) is 1.71. The van der Waals surface area contributed by atoms with Crippen LogP contribution in [0.1, 0.15) is 12.8 Å². The van der Waals surface area contributed by atoms with Gasteiger partial charge in [-0.1, -0.05) is 18.2 Å². The lowest BCUT2D eigenvalue weighted by molar-refractivity contribution is -0.117. The van der Waals surface area contributed by atoms with Gasteiger partial charge in [0.15, 0.2) is 11.6 Å². The molecule has 1 fully saturated rings. The second-order valence-corrected chi connectivity index (χ2v) is 4.56. The second-order valence-electron chi connectivity index (χ2n) is 4.56. The minimum absolute atomic E-state index is 0.0399. The molecule has 1 saturated carbocycles. The first-order valence-corrected chi connectivity index (χ1v) is 6.28. The molecule has 1 amide bonds. The number of carbonyl (C=O) groups excluding carboxylic acids is 1. The average molecular weight is 254 g/mol. The Morgan fingerprint density at radius 1 is 1.00 bits per heavy atom. The summed E-state index contributed by atoms with van der Waals surface area (Å²) in [5, 5.41) is 13.9. The van der Waals surface area contributed by atoms with Crippen LogP contribution in [-0.4, -0.2) is 16.1 Å². The average Bonchev–Trinajstić information content (AvgIpc) is 3.27. The number of para-hydroxylation sites is 1. The number of benzene rings is 1. The van der Waals surface area contributed by atoms with E-state index >= 15 is 0 Å². The maximum atomic E-state index is 11.6. The Morgan fingerprint density at radius 2 is 1.68 bits per heavy atom. The van der Waals surface area contributed by atoms with Crippen molar-refractivity contribution >= 4 is 23.2 Å². The summed E-state index contributed by atoms with van der Waals surface area (Å²) in [5.74, 6) is 1.35. The Bertz CT molecular complexity index is 564. The van der Waals surface area contributed by atoms with E-state index in [0.29, 0.717) is 11.6 Å². The van der Waals surface area contributed by atoms with Crippen LogP contribution in [-0.2, 0) is 4.79 Å². The second kappa shape index (κ2) is 5.06. The van der Waals surface area contributed by atoms with Crippen molar-refractivity contribution in [2.75, 3.05) is 10.6 Å². The molecule has 5 nitrogen and oxygen atoms in total. The van der Waals surface area contributed by atoms with Crippen LogP contribution < -0.4 is 10.6 Å². The van der Waals surface area contributed by atoms with Crippen LogP contribution >= 0.6 is 0 Å². The topological polar surface area (TPSA) is 66.9 Å². The van der Waals surface area contributed by atoms with Crippen molar-refractivity contribution in [3.8, 4) is 0 Å². The van der Waals surface area contributed by atoms with Gasteiger partial charge in [0.1, 0.15) is 0 Å². The third-order valence-corrected chi connectivity index (χ3v) is 2.91. The molecule has 2 N–H and O–H groups in total. The zero-order chi connectivity index (χ0) is 13.1. The van der Waals surface area contributed by atoms with Gasteiger partial charge in [-0.3, -0.25) is 4.79 Å². The van der Waals surface area contributed by atoms with Gasteiger partial charge in [0.25, 0.3) is 0 Å². The number of nitrogens with zero attached hydrogens (tertiary/aromatic N) is 2. The monoisotopic (exact) mass is 254 g/mol. The lowest BCUT2D eigenvalue weighted by Crippen LogP contribution is -2.14. The third kappa shape index (κ3) is 3.07. The highest BCUT2D eigenvalue weighted by Crippen LogP contribution is 2.29. The fraction of sp³-hybridized carbons (Fsp3) is 0.214. The first kappa shape index (κ1) is 11.6. The highest BCUT2D eigenvalue weighted by atomic mass is 16.2. The number of amides is 1. The summed E-state index contributed by atoms with van der Waals surface area (Å²) in [7, 11) is 0. The summed E-state index contributed by atoms with van der Waals surface area (Å²) >= 11 is 0. The van der Waals surface area contributed by atoms with Gasteiger partial charge in [0.05, 0.1) is 0 Å². The van der Waals surface area contributed by atoms with Crippen LogP contribution in [0, 0.1) is 5.92 Å². The molecule has 0 saturated heterocycles. The standard InChI is InChI=1S/C14H14N4O/c19-14(10-6-7-10)16-13-9-8-12(17-18-13)15-11-4-2-1-3-5-11/h1-5,8-10H,6-7H2,(H,15,17)(H,16,18,19). The quantitative estimate of drug-likeness (QED) is 0.880. The molecule has 1 heterocycles. The molecule has 1 aromatic carbocycles. The molecule has 0 unspecified atom stereocenters. The SMILES string of the molecule is O=C(Nc1ccc(Nc2ccccc2)nn1)C1CC1. The van der Waals surface area contributed by atoms with Gasteiger partial charge in [0.2, 0.25) is 5.91 Å². The van der Waals surface area contributed by atoms with E-state index < -0.39 is 0 Å². The first-order chi connectivity index (χ1) is 9.31. The minimum Gasteiger partial charge on any atom is -0.339 e. The smallest absolute Gasteiger partial charge is 0.228 e. The molecule has 0 bridgehead atoms. The van der Waals surface area contributed by atoms with Crippen molar-refractivity contribution in [2.24, 2.45) is 5.92 Å². The number of hydrogen-bond acceptors (Lipinski definition) is 4. The maximum Gasteiger partial charge on any atom is 0.228 e. The normalized spacial score (nSPS) is 13.9. The summed E-state index contributed by atoms with van der Waals surface area (Å²) < 4.78 is 0. The van der Waals surface area contributed by atoms with E-state index in [0.717, 1.165) is 18.5 Å². The minimum atomic E-state index is 0.0399. The van der Waals surface area contributed by atoms with Gasteiger partial charge in [0, 0.05) is 11.6 Å². The predicted octanol–water partition coefficient (Wildman–Crippen LogP) is 2.57. The number of hydrogen-bond donors (Lipinski definition) is 2. The van der Waals surface area contributed by atoms with Crippen LogP contribution in [0.4, 0.5) is 17.3 Å². The van der Waals surface area contributed by atoms with Crippen LogP contribution in [0.3, 0.4) is 0 Å². The van der Waals surface area contributed by atoms with Gasteiger partial charge in [-0.05, 0) is 37.1 Å². The molecule has 5 heteroatoms. The van der Waals surface area contributed by atoms with Gasteiger partial charge in [-0.2, -0.15) is 0 Å². The molecule has 19 heavy (non-hydrogen) atoms. The Kier molecular flexibility index (Phi) is 3.10. The van der Waals surface area contributed by atoms with Crippen molar-refractivity contribution in [2.45, 2.75) is 12.8 Å². The number of nitrogens with one attached hydrogen (secondary N) is 2. The summed E-state index contributed by atoms with van der Waals surface area (Å²) in [4.78, 5) is 11.6. The summed E-state index contributed by atoms with van der Waals surface area (Å²) in [6, 6.07) is 13.3. The van der Waals surface area contributed by atoms with Crippen LogP contribution in [0.2, 0.25) is 0 Å². The molecule has 0 atom stereocenters. The molecule has 1 aromatic heterocycles. The van der Waals surface area contributed by atoms with E-state index in [-0.39, 0.29) is 11.8 Å². The first-order valence-electron chi connectivity index (χ1n) is 6.28. The van der Waals surface area contributed by atoms with E-state index in [1.807, 2.05) is 30.3 Å². The summed E-state index contributed by atoms with van der Waals surface area (Å²) in [5.41, 5.74) is 0.951. The number of carbonyl (C=O) groups is 1. The molecule has 0 aliphatic heterocycles. The van der Waals surface area contributed by atoms with Crippen LogP contribution in [0.25, 0.3) is 0 Å². The van der Waals surface area contributed by atoms with Crippen molar-refractivity contribution < 1.29 is 4.79 Å². The highest BCUT2D eigenvalue weighted by molar-refractivity contribution is 5.93. The number of rotatable bonds is 4. The van der Waals surface area contributed by atoms with Crippen LogP contribution in [0.15, 0.2) is 42.5 Å². The molecular weight excluding hydrogens is 240 g/mol. The van der Waals surface area contributed by atoms with E-state index in [9.17, 15) is 4.79 Å². The third-order valence-electron chi connectivity index (χ3n) is 2.91. The highest BCUT2D eigenvalue weighted by Gasteiger charge is 2.29. The Morgan fingerprint density at radius 3 is 2.32 bits per heavy atom. The Labute approximate surface area is 111 Å². The molecule has 0 radical (unpaired) electrons. The zero-order valence-corrected chi connectivity index (χ0v) is 10.3. The van der Waals surface area contributed by atoms with Crippen molar-refractivity contribution in [1.82, 2.24) is 10.2 Å². The summed E-state index contributed by atoms with van der Waals surface area (Å²) in [6.45, 7) is 0. The van der Waals surface area contributed by atoms with Gasteiger partial charge < -0.3 is 10.6 Å². The molecule has 1 aliphatic carbocycles. The zero-order valence-electron chi connectivity index (χ0n) is 10.3. The molecule has 1 aliphatic rings. The number of anilines is 3. The Balaban J connectivity index is 1.63. The maximum absolute atomic E-state index is 11.6. The van der Waals surface area contributed by atoms with Gasteiger partial charge >= 0.3 is 0 Å². The van der Waals surface area contributed by atoms with E-state index in [4.69, 9.17) is 0 Å². The fourth-order valence-corrected chi connectivity index (χ4v) is 1.71. The van der Waals surface area contributed by atoms with Crippen molar-refractivity contribution in [3.63, 3.8) is 0 Å². The lowest BCUT2D eigenvalue weighted by Gasteiger charge is -2.06. The molecular formula is C14H14N4O. The molecule has 96 valence electrons. The molecule has 3 rings (SSSR count). The van der Waals surface area contributed by atoms with Crippen LogP contribution in [0.5, 0.6) is 0 Å². The van der Waals surface area contributed by atoms with E-state index in [1.54, 1.807) is 12.1 Å². The summed E-state index contributed by atoms with van der Waals surface area (Å²) in [6.07, 6.45) is 1.96. The largest absolute Gasteiger partial charge is 0.339 e. The van der Waals surface area contributed by atoms with Gasteiger partial charge in [-0.25, -0.2) is 0 Å². The van der Waals surface area contributed by atoms with Crippen molar-refractivity contribution in [3.05, 3.63) is 42.5 Å². The lowest BCUT2D eigenvalue weighted by atomic mass is 10.3. The number of aromatic nitrogens is 2. The Hall–Kier alpha value is -2.43. The van der Waals surface area contributed by atoms with Crippen molar-refractivity contribution in [1.29, 1.82) is 0 Å². The van der Waals surface area contributed by atoms with Gasteiger partial charge in [-0.15, -0.1) is 10.2 Å². The molecule has 0 spiro atoms.